The van der Waals surface area contributed by atoms with Crippen LogP contribution in [0, 0.1) is 5.92 Å². The minimum atomic E-state index is -3.69. The Bertz CT molecular complexity index is 709. The second-order valence-corrected chi connectivity index (χ2v) is 8.61. The molecule has 2 rings (SSSR count). The van der Waals surface area contributed by atoms with Crippen molar-refractivity contribution in [3.05, 3.63) is 28.8 Å². The molecule has 1 N–H and O–H groups in total. The van der Waals surface area contributed by atoms with E-state index < -0.39 is 16.0 Å². The van der Waals surface area contributed by atoms with Crippen LogP contribution in [0.2, 0.25) is 5.02 Å². The van der Waals surface area contributed by atoms with E-state index in [0.29, 0.717) is 12.5 Å². The maximum absolute atomic E-state index is 12.4. The van der Waals surface area contributed by atoms with Gasteiger partial charge in [0.25, 0.3) is 0 Å². The first-order valence-corrected chi connectivity index (χ1v) is 10.3. The molecule has 1 heterocycles. The molecule has 1 aromatic carbocycles. The Morgan fingerprint density at radius 3 is 2.88 bits per heavy atom. The van der Waals surface area contributed by atoms with Crippen molar-refractivity contribution in [2.45, 2.75) is 31.1 Å². The molecular formula is C17H25ClN2O4S. The number of benzene rings is 1. The molecule has 1 aromatic rings. The van der Waals surface area contributed by atoms with Crippen LogP contribution < -0.4 is 4.72 Å². The Hall–Kier alpha value is -1.15. The normalized spacial score (nSPS) is 18.9. The first kappa shape index (κ1) is 20.2. The maximum atomic E-state index is 12.4. The lowest BCUT2D eigenvalue weighted by molar-refractivity contribution is 0.0600. The lowest BCUT2D eigenvalue weighted by Gasteiger charge is -2.30. The number of hydrogen-bond donors (Lipinski definition) is 1. The number of nitrogens with zero attached hydrogens (tertiary/aromatic N) is 1. The highest BCUT2D eigenvalue weighted by Gasteiger charge is 2.19. The van der Waals surface area contributed by atoms with Gasteiger partial charge in [-0.05, 0) is 56.5 Å². The van der Waals surface area contributed by atoms with Gasteiger partial charge >= 0.3 is 5.97 Å². The van der Waals surface area contributed by atoms with E-state index in [0.717, 1.165) is 26.1 Å². The number of rotatable bonds is 7. The Morgan fingerprint density at radius 1 is 1.44 bits per heavy atom. The molecule has 0 bridgehead atoms. The van der Waals surface area contributed by atoms with Crippen molar-refractivity contribution in [2.24, 2.45) is 5.92 Å². The molecule has 140 valence electrons. The van der Waals surface area contributed by atoms with E-state index in [1.54, 1.807) is 0 Å². The molecule has 0 aliphatic carbocycles. The molecule has 0 spiro atoms. The highest BCUT2D eigenvalue weighted by Crippen LogP contribution is 2.21. The van der Waals surface area contributed by atoms with Crippen LogP contribution in [0.5, 0.6) is 0 Å². The van der Waals surface area contributed by atoms with E-state index in [9.17, 15) is 13.2 Å². The van der Waals surface area contributed by atoms with Crippen LogP contribution in [0.15, 0.2) is 23.1 Å². The molecule has 1 unspecified atom stereocenters. The molecular weight excluding hydrogens is 364 g/mol. The van der Waals surface area contributed by atoms with Gasteiger partial charge in [0.05, 0.1) is 22.6 Å². The number of carbonyl (C=O) groups excluding carboxylic acids is 1. The third kappa shape index (κ3) is 5.67. The standard InChI is InChI=1S/C17H25ClN2O4S/c1-13-5-3-9-20(12-13)10-4-8-19-25(22,23)14-6-7-16(18)15(11-14)17(21)24-2/h6-7,11,13,19H,3-5,8-10,12H2,1-2H3. The summed E-state index contributed by atoms with van der Waals surface area (Å²) in [6.45, 7) is 5.63. The van der Waals surface area contributed by atoms with E-state index in [1.165, 1.54) is 38.2 Å². The first-order chi connectivity index (χ1) is 11.8. The van der Waals surface area contributed by atoms with Crippen molar-refractivity contribution >= 4 is 27.6 Å². The van der Waals surface area contributed by atoms with Crippen LogP contribution in [0.3, 0.4) is 0 Å². The number of methoxy groups -OCH3 is 1. The topological polar surface area (TPSA) is 75.7 Å². The van der Waals surface area contributed by atoms with Crippen LogP contribution in [-0.2, 0) is 14.8 Å². The average molecular weight is 389 g/mol. The molecule has 0 radical (unpaired) electrons. The smallest absolute Gasteiger partial charge is 0.339 e. The monoisotopic (exact) mass is 388 g/mol. The number of hydrogen-bond acceptors (Lipinski definition) is 5. The fraction of sp³-hybridized carbons (Fsp3) is 0.588. The SMILES string of the molecule is COC(=O)c1cc(S(=O)(=O)NCCCN2CCCC(C)C2)ccc1Cl. The molecule has 6 nitrogen and oxygen atoms in total. The zero-order valence-electron chi connectivity index (χ0n) is 14.6. The summed E-state index contributed by atoms with van der Waals surface area (Å²) in [4.78, 5) is 14.0. The molecule has 0 amide bonds. The van der Waals surface area contributed by atoms with Gasteiger partial charge in [-0.15, -0.1) is 0 Å². The highest BCUT2D eigenvalue weighted by molar-refractivity contribution is 7.89. The molecule has 25 heavy (non-hydrogen) atoms. The molecule has 1 aliphatic rings. The number of esters is 1. The average Bonchev–Trinajstić information content (AvgIpc) is 2.58. The predicted molar refractivity (Wildman–Crippen MR) is 97.4 cm³/mol. The van der Waals surface area contributed by atoms with E-state index in [4.69, 9.17) is 11.6 Å². The van der Waals surface area contributed by atoms with Crippen molar-refractivity contribution in [1.82, 2.24) is 9.62 Å². The van der Waals surface area contributed by atoms with Crippen molar-refractivity contribution in [2.75, 3.05) is 33.3 Å². The molecule has 1 fully saturated rings. The van der Waals surface area contributed by atoms with Crippen LogP contribution in [-0.4, -0.2) is 52.6 Å². The largest absolute Gasteiger partial charge is 0.465 e. The predicted octanol–water partition coefficient (Wildman–Crippen LogP) is 2.53. The Kier molecular flexibility index (Phi) is 7.25. The molecule has 8 heteroatoms. The van der Waals surface area contributed by atoms with E-state index in [-0.39, 0.29) is 15.5 Å². The number of halogens is 1. The number of piperidine rings is 1. The fourth-order valence-electron chi connectivity index (χ4n) is 3.02. The molecule has 1 atom stereocenters. The van der Waals surface area contributed by atoms with Crippen molar-refractivity contribution in [3.8, 4) is 0 Å². The summed E-state index contributed by atoms with van der Waals surface area (Å²) in [7, 11) is -2.47. The zero-order valence-corrected chi connectivity index (χ0v) is 16.2. The third-order valence-corrected chi connectivity index (χ3v) is 6.13. The number of ether oxygens (including phenoxy) is 1. The van der Waals surface area contributed by atoms with E-state index in [2.05, 4.69) is 21.3 Å². The van der Waals surface area contributed by atoms with E-state index in [1.807, 2.05) is 0 Å². The van der Waals surface area contributed by atoms with Crippen LogP contribution in [0.4, 0.5) is 0 Å². The minimum Gasteiger partial charge on any atom is -0.465 e. The number of nitrogens with one attached hydrogen (secondary N) is 1. The van der Waals surface area contributed by atoms with Gasteiger partial charge in [-0.1, -0.05) is 18.5 Å². The van der Waals surface area contributed by atoms with E-state index >= 15 is 0 Å². The quantitative estimate of drug-likeness (QED) is 0.573. The zero-order chi connectivity index (χ0) is 18.4. The van der Waals surface area contributed by atoms with Gasteiger partial charge in [0.2, 0.25) is 10.0 Å². The van der Waals surface area contributed by atoms with Gasteiger partial charge in [-0.2, -0.15) is 0 Å². The van der Waals surface area contributed by atoms with Crippen LogP contribution in [0.1, 0.15) is 36.5 Å². The van der Waals surface area contributed by atoms with Gasteiger partial charge in [0.1, 0.15) is 0 Å². The van der Waals surface area contributed by atoms with Crippen LogP contribution >= 0.6 is 11.6 Å². The van der Waals surface area contributed by atoms with Crippen LogP contribution in [0.25, 0.3) is 0 Å². The summed E-state index contributed by atoms with van der Waals surface area (Å²) < 4.78 is 32.0. The Balaban J connectivity index is 1.92. The first-order valence-electron chi connectivity index (χ1n) is 8.43. The third-order valence-electron chi connectivity index (χ3n) is 4.34. The highest BCUT2D eigenvalue weighted by atomic mass is 35.5. The number of likely N-dealkylation sites (tertiary alicyclic amines) is 1. The summed E-state index contributed by atoms with van der Waals surface area (Å²) in [5.41, 5.74) is 0.0364. The second-order valence-electron chi connectivity index (χ2n) is 6.43. The van der Waals surface area contributed by atoms with Gasteiger partial charge < -0.3 is 9.64 Å². The summed E-state index contributed by atoms with van der Waals surface area (Å²) in [6.07, 6.45) is 3.21. The lowest BCUT2D eigenvalue weighted by atomic mass is 10.0. The minimum absolute atomic E-state index is 0.00361. The summed E-state index contributed by atoms with van der Waals surface area (Å²) in [5, 5.41) is 0.157. The second kappa shape index (κ2) is 8.98. The Labute approximate surface area is 154 Å². The number of carbonyl (C=O) groups is 1. The van der Waals surface area contributed by atoms with Crippen molar-refractivity contribution in [1.29, 1.82) is 0 Å². The summed E-state index contributed by atoms with van der Waals surface area (Å²) in [6, 6.07) is 4.00. The molecule has 1 aliphatic heterocycles. The molecule has 0 aromatic heterocycles. The maximum Gasteiger partial charge on any atom is 0.339 e. The van der Waals surface area contributed by atoms with Gasteiger partial charge in [0, 0.05) is 13.1 Å². The number of sulfonamides is 1. The molecule has 1 saturated heterocycles. The van der Waals surface area contributed by atoms with Gasteiger partial charge in [-0.3, -0.25) is 0 Å². The molecule has 0 saturated carbocycles. The summed E-state index contributed by atoms with van der Waals surface area (Å²) >= 11 is 5.92. The van der Waals surface area contributed by atoms with Crippen molar-refractivity contribution in [3.63, 3.8) is 0 Å². The fourth-order valence-corrected chi connectivity index (χ4v) is 4.31. The van der Waals surface area contributed by atoms with Crippen molar-refractivity contribution < 1.29 is 17.9 Å². The Morgan fingerprint density at radius 2 is 2.20 bits per heavy atom. The summed E-state index contributed by atoms with van der Waals surface area (Å²) in [5.74, 6) is 0.0394. The van der Waals surface area contributed by atoms with Gasteiger partial charge in [-0.25, -0.2) is 17.9 Å². The van der Waals surface area contributed by atoms with Gasteiger partial charge in [0.15, 0.2) is 0 Å². The lowest BCUT2D eigenvalue weighted by Crippen LogP contribution is -2.36.